The van der Waals surface area contributed by atoms with Crippen molar-refractivity contribution in [2.45, 2.75) is 49.4 Å². The van der Waals surface area contributed by atoms with Crippen molar-refractivity contribution in [2.75, 3.05) is 25.5 Å². The number of thioether (sulfide) groups is 1. The number of carbonyl (C=O) groups is 1. The Balaban J connectivity index is 1.21. The van der Waals surface area contributed by atoms with Gasteiger partial charge in [-0.05, 0) is 74.0 Å². The highest BCUT2D eigenvalue weighted by Crippen LogP contribution is 2.55. The summed E-state index contributed by atoms with van der Waals surface area (Å²) in [6.07, 6.45) is 7.78. The van der Waals surface area contributed by atoms with Crippen LogP contribution in [0.3, 0.4) is 0 Å². The lowest BCUT2D eigenvalue weighted by Gasteiger charge is -2.57. The fourth-order valence-corrected chi connectivity index (χ4v) is 7.98. The Morgan fingerprint density at radius 3 is 2.43 bits per heavy atom. The fraction of sp³-hybridized carbons (Fsp3) is 0.682. The molecule has 6 heteroatoms. The van der Waals surface area contributed by atoms with Crippen LogP contribution >= 0.6 is 11.8 Å². The molecule has 1 N–H and O–H groups in total. The quantitative estimate of drug-likeness (QED) is 0.809. The Bertz CT molecular complexity index is 763. The van der Waals surface area contributed by atoms with E-state index in [2.05, 4.69) is 17.4 Å². The summed E-state index contributed by atoms with van der Waals surface area (Å²) in [6.45, 7) is 2.00. The van der Waals surface area contributed by atoms with Gasteiger partial charge in [-0.2, -0.15) is 0 Å². The zero-order valence-electron chi connectivity index (χ0n) is 16.2. The van der Waals surface area contributed by atoms with Gasteiger partial charge in [0.15, 0.2) is 11.5 Å². The van der Waals surface area contributed by atoms with Gasteiger partial charge < -0.3 is 19.7 Å². The number of carbonyl (C=O) groups excluding carboxylic acids is 1. The summed E-state index contributed by atoms with van der Waals surface area (Å²) in [6, 6.07) is 6.26. The molecule has 7 rings (SSSR count). The number of benzene rings is 1. The molecule has 5 nitrogen and oxygen atoms in total. The number of rotatable bonds is 2. The number of nitrogens with one attached hydrogen (secondary N) is 1. The van der Waals surface area contributed by atoms with E-state index in [1.807, 2.05) is 22.7 Å². The van der Waals surface area contributed by atoms with E-state index in [9.17, 15) is 4.79 Å². The van der Waals surface area contributed by atoms with E-state index in [-0.39, 0.29) is 16.9 Å². The van der Waals surface area contributed by atoms with Gasteiger partial charge in [-0.3, -0.25) is 0 Å². The van der Waals surface area contributed by atoms with Crippen LogP contribution < -0.4 is 14.8 Å². The standard InChI is InChI=1S/C22H28N2O3S/c25-21(23-22-11-14-7-15(12-22)9-16(8-14)13-22)24-3-6-28-20(24)17-1-2-18-19(10-17)27-5-4-26-18/h1-2,10,14-16,20H,3-9,11-13H2,(H,23,25)/t14?,15?,16?,20-,22?/m0/s1. The second kappa shape index (κ2) is 6.48. The number of urea groups is 1. The Morgan fingerprint density at radius 1 is 1.04 bits per heavy atom. The van der Waals surface area contributed by atoms with Crippen LogP contribution in [0.15, 0.2) is 18.2 Å². The number of ether oxygens (including phenoxy) is 2. The molecule has 0 unspecified atom stereocenters. The Hall–Kier alpha value is -1.56. The monoisotopic (exact) mass is 400 g/mol. The molecule has 0 aromatic heterocycles. The minimum atomic E-state index is 0.0599. The lowest BCUT2D eigenvalue weighted by atomic mass is 9.53. The third kappa shape index (κ3) is 2.87. The number of hydrogen-bond acceptors (Lipinski definition) is 4. The third-order valence-electron chi connectivity index (χ3n) is 7.41. The van der Waals surface area contributed by atoms with Crippen molar-refractivity contribution in [3.63, 3.8) is 0 Å². The third-order valence-corrected chi connectivity index (χ3v) is 8.67. The maximum atomic E-state index is 13.3. The van der Waals surface area contributed by atoms with Gasteiger partial charge in [0.05, 0.1) is 0 Å². The van der Waals surface area contributed by atoms with E-state index in [1.165, 1.54) is 38.5 Å². The predicted molar refractivity (Wildman–Crippen MR) is 109 cm³/mol. The number of fused-ring (bicyclic) bond motifs is 1. The first-order valence-corrected chi connectivity index (χ1v) is 11.8. The molecule has 0 spiro atoms. The first kappa shape index (κ1) is 17.3. The SMILES string of the molecule is O=C(NC12CC3CC(CC(C3)C1)C2)N1CCS[C@H]1c1ccc2c(c1)OCCO2. The predicted octanol–water partition coefficient (Wildman–Crippen LogP) is 4.18. The van der Waals surface area contributed by atoms with Gasteiger partial charge in [0.1, 0.15) is 18.6 Å². The van der Waals surface area contributed by atoms with E-state index in [0.717, 1.165) is 47.1 Å². The van der Waals surface area contributed by atoms with Gasteiger partial charge in [-0.1, -0.05) is 6.07 Å². The molecule has 4 bridgehead atoms. The molecular weight excluding hydrogens is 372 g/mol. The summed E-state index contributed by atoms with van der Waals surface area (Å²) in [4.78, 5) is 15.4. The molecule has 1 aromatic carbocycles. The molecule has 2 heterocycles. The Morgan fingerprint density at radius 2 is 1.71 bits per heavy atom. The Labute approximate surface area is 170 Å². The van der Waals surface area contributed by atoms with Crippen molar-refractivity contribution in [3.05, 3.63) is 23.8 Å². The van der Waals surface area contributed by atoms with E-state index >= 15 is 0 Å². The van der Waals surface area contributed by atoms with E-state index in [0.29, 0.717) is 13.2 Å². The molecule has 6 aliphatic rings. The second-order valence-electron chi connectivity index (χ2n) is 9.45. The van der Waals surface area contributed by atoms with Crippen LogP contribution in [0.2, 0.25) is 0 Å². The van der Waals surface area contributed by atoms with Gasteiger partial charge in [0.25, 0.3) is 0 Å². The molecule has 1 atom stereocenters. The molecule has 2 aliphatic heterocycles. The van der Waals surface area contributed by atoms with E-state index in [1.54, 1.807) is 0 Å². The normalized spacial score (nSPS) is 37.9. The maximum Gasteiger partial charge on any atom is 0.319 e. The molecule has 4 saturated carbocycles. The molecule has 1 saturated heterocycles. The van der Waals surface area contributed by atoms with Gasteiger partial charge >= 0.3 is 6.03 Å². The van der Waals surface area contributed by atoms with Gasteiger partial charge in [-0.25, -0.2) is 4.79 Å². The lowest BCUT2D eigenvalue weighted by Crippen LogP contribution is -2.61. The summed E-state index contributed by atoms with van der Waals surface area (Å²) in [5, 5.41) is 3.61. The zero-order valence-corrected chi connectivity index (χ0v) is 17.0. The second-order valence-corrected chi connectivity index (χ2v) is 10.6. The average molecular weight is 401 g/mol. The van der Waals surface area contributed by atoms with Crippen LogP contribution in [0.4, 0.5) is 4.79 Å². The highest BCUT2D eigenvalue weighted by atomic mass is 32.2. The summed E-state index contributed by atoms with van der Waals surface area (Å²) in [5.74, 6) is 5.11. The molecule has 0 radical (unpaired) electrons. The first-order chi connectivity index (χ1) is 13.7. The van der Waals surface area contributed by atoms with Crippen molar-refractivity contribution in [2.24, 2.45) is 17.8 Å². The topological polar surface area (TPSA) is 50.8 Å². The number of hydrogen-bond donors (Lipinski definition) is 1. The minimum absolute atomic E-state index is 0.0599. The average Bonchev–Trinajstić information content (AvgIpc) is 3.16. The molecule has 2 amide bonds. The van der Waals surface area contributed by atoms with Crippen LogP contribution in [-0.2, 0) is 0 Å². The molecule has 4 aliphatic carbocycles. The molecule has 150 valence electrons. The van der Waals surface area contributed by atoms with Crippen LogP contribution in [0.1, 0.15) is 49.5 Å². The summed E-state index contributed by atoms with van der Waals surface area (Å²) >= 11 is 1.84. The van der Waals surface area contributed by atoms with Crippen LogP contribution in [0.5, 0.6) is 11.5 Å². The van der Waals surface area contributed by atoms with Gasteiger partial charge in [0, 0.05) is 17.8 Å². The molecule has 5 fully saturated rings. The highest BCUT2D eigenvalue weighted by molar-refractivity contribution is 7.99. The molecular formula is C22H28N2O3S. The largest absolute Gasteiger partial charge is 0.486 e. The first-order valence-electron chi connectivity index (χ1n) is 10.8. The smallest absolute Gasteiger partial charge is 0.319 e. The van der Waals surface area contributed by atoms with Crippen molar-refractivity contribution in [3.8, 4) is 11.5 Å². The summed E-state index contributed by atoms with van der Waals surface area (Å²) < 4.78 is 11.4. The zero-order chi connectivity index (χ0) is 18.7. The van der Waals surface area contributed by atoms with Crippen molar-refractivity contribution >= 4 is 17.8 Å². The van der Waals surface area contributed by atoms with E-state index < -0.39 is 0 Å². The summed E-state index contributed by atoms with van der Waals surface area (Å²) in [5.41, 5.74) is 1.20. The highest BCUT2D eigenvalue weighted by Gasteiger charge is 2.52. The van der Waals surface area contributed by atoms with Crippen molar-refractivity contribution < 1.29 is 14.3 Å². The lowest BCUT2D eigenvalue weighted by molar-refractivity contribution is -0.0156. The maximum absolute atomic E-state index is 13.3. The number of nitrogens with zero attached hydrogens (tertiary/aromatic N) is 1. The van der Waals surface area contributed by atoms with Crippen LogP contribution in [-0.4, -0.2) is 42.0 Å². The summed E-state index contributed by atoms with van der Waals surface area (Å²) in [7, 11) is 0. The van der Waals surface area contributed by atoms with Gasteiger partial charge in [0.2, 0.25) is 0 Å². The van der Waals surface area contributed by atoms with Gasteiger partial charge in [-0.15, -0.1) is 11.8 Å². The van der Waals surface area contributed by atoms with Crippen LogP contribution in [0, 0.1) is 17.8 Å². The molecule has 28 heavy (non-hydrogen) atoms. The minimum Gasteiger partial charge on any atom is -0.486 e. The van der Waals surface area contributed by atoms with Crippen LogP contribution in [0.25, 0.3) is 0 Å². The fourth-order valence-electron chi connectivity index (χ4n) is 6.73. The number of amides is 2. The van der Waals surface area contributed by atoms with Crippen molar-refractivity contribution in [1.29, 1.82) is 0 Å². The Kier molecular flexibility index (Phi) is 4.00. The molecule has 1 aromatic rings. The van der Waals surface area contributed by atoms with E-state index in [4.69, 9.17) is 9.47 Å². The van der Waals surface area contributed by atoms with Crippen molar-refractivity contribution in [1.82, 2.24) is 10.2 Å².